The number of nitrogens with one attached hydrogen (secondary N) is 1. The molecule has 2 heterocycles. The van der Waals surface area contributed by atoms with Crippen LogP contribution in [-0.4, -0.2) is 80.8 Å². The Balaban J connectivity index is 2.29. The minimum absolute atomic E-state index is 0.0428. The van der Waals surface area contributed by atoms with E-state index in [1.54, 1.807) is 0 Å². The molecule has 2 aliphatic heterocycles. The molecule has 0 aliphatic carbocycles. The van der Waals surface area contributed by atoms with Gasteiger partial charge in [-0.1, -0.05) is 0 Å². The van der Waals surface area contributed by atoms with E-state index in [9.17, 15) is 24.2 Å². The zero-order valence-electron chi connectivity index (χ0n) is 10.3. The Kier molecular flexibility index (Phi) is 3.82. The van der Waals surface area contributed by atoms with E-state index in [-0.39, 0.29) is 13.0 Å². The predicted molar refractivity (Wildman–Crippen MR) is 59.1 cm³/mol. The van der Waals surface area contributed by atoms with Crippen molar-refractivity contribution < 1.29 is 39.1 Å². The van der Waals surface area contributed by atoms with Crippen LogP contribution < -0.4 is 5.32 Å². The van der Waals surface area contributed by atoms with Crippen LogP contribution >= 0.6 is 0 Å². The lowest BCUT2D eigenvalue weighted by Gasteiger charge is -2.37. The Bertz CT molecular complexity index is 422. The number of ether oxygens (including phenoxy) is 1. The maximum Gasteiger partial charge on any atom is 0.349 e. The van der Waals surface area contributed by atoms with Gasteiger partial charge in [0.2, 0.25) is 0 Å². The molecule has 0 saturated carbocycles. The fourth-order valence-electron chi connectivity index (χ4n) is 2.32. The van der Waals surface area contributed by atoms with Gasteiger partial charge in [-0.25, -0.2) is 14.0 Å². The van der Waals surface area contributed by atoms with Gasteiger partial charge in [0.15, 0.2) is 6.23 Å². The van der Waals surface area contributed by atoms with Crippen molar-refractivity contribution in [3.63, 3.8) is 0 Å². The van der Waals surface area contributed by atoms with Crippen LogP contribution in [0.4, 0.5) is 9.18 Å². The van der Waals surface area contributed by atoms with Gasteiger partial charge in [0.05, 0.1) is 6.61 Å². The van der Waals surface area contributed by atoms with E-state index in [4.69, 9.17) is 14.9 Å². The topological polar surface area (TPSA) is 140 Å². The second-order valence-electron chi connectivity index (χ2n) is 4.67. The number of carbonyl (C=O) groups excluding carboxylic acids is 1. The summed E-state index contributed by atoms with van der Waals surface area (Å²) in [5, 5.41) is 39.0. The molecule has 20 heavy (non-hydrogen) atoms. The lowest BCUT2D eigenvalue weighted by molar-refractivity contribution is -0.168. The fourth-order valence-corrected chi connectivity index (χ4v) is 2.32. The van der Waals surface area contributed by atoms with Crippen molar-refractivity contribution in [3.8, 4) is 0 Å². The van der Waals surface area contributed by atoms with Crippen LogP contribution in [0.5, 0.6) is 0 Å². The third kappa shape index (κ3) is 2.10. The Morgan fingerprint density at radius 3 is 2.70 bits per heavy atom. The first-order chi connectivity index (χ1) is 9.32. The van der Waals surface area contributed by atoms with Crippen molar-refractivity contribution in [1.29, 1.82) is 0 Å². The summed E-state index contributed by atoms with van der Waals surface area (Å²) in [5.74, 6) is -2.00. The first-order valence-corrected chi connectivity index (χ1v) is 5.94. The molecule has 2 unspecified atom stereocenters. The lowest BCUT2D eigenvalue weighted by Crippen LogP contribution is -2.63. The van der Waals surface area contributed by atoms with E-state index in [0.29, 0.717) is 0 Å². The SMILES string of the molecule is O=C1NC(O)CCN1C1O[C@H](CO)[C@@H](O)[C@@]1(F)C(=O)O. The molecule has 2 saturated heterocycles. The number of carboxylic acid groups (broad SMARTS) is 1. The highest BCUT2D eigenvalue weighted by Gasteiger charge is 2.65. The molecule has 0 spiro atoms. The highest BCUT2D eigenvalue weighted by atomic mass is 19.1. The average molecular weight is 294 g/mol. The number of aliphatic carboxylic acids is 1. The van der Waals surface area contributed by atoms with Crippen LogP contribution in [0, 0.1) is 0 Å². The standard InChI is InChI=1S/C10H15FN2O7/c11-10(8(17)18)6(16)4(3-14)20-7(10)13-2-1-5(15)12-9(13)19/h4-7,14-16H,1-3H2,(H,12,19)(H,17,18)/t4-,5?,6-,7?,10+/m1/s1. The van der Waals surface area contributed by atoms with Gasteiger partial charge in [0, 0.05) is 13.0 Å². The number of halogens is 1. The number of aliphatic hydroxyl groups is 3. The summed E-state index contributed by atoms with van der Waals surface area (Å²) in [4.78, 5) is 23.5. The van der Waals surface area contributed by atoms with Gasteiger partial charge in [-0.2, -0.15) is 0 Å². The van der Waals surface area contributed by atoms with Gasteiger partial charge in [0.25, 0.3) is 5.67 Å². The maximum absolute atomic E-state index is 14.6. The molecule has 0 aromatic carbocycles. The molecule has 5 N–H and O–H groups in total. The van der Waals surface area contributed by atoms with Gasteiger partial charge < -0.3 is 30.5 Å². The van der Waals surface area contributed by atoms with Gasteiger partial charge in [0.1, 0.15) is 18.4 Å². The monoisotopic (exact) mass is 294 g/mol. The van der Waals surface area contributed by atoms with Crippen LogP contribution in [0.2, 0.25) is 0 Å². The van der Waals surface area contributed by atoms with Crippen molar-refractivity contribution in [2.24, 2.45) is 0 Å². The smallest absolute Gasteiger partial charge is 0.349 e. The third-order valence-corrected chi connectivity index (χ3v) is 3.43. The Hall–Kier alpha value is -1.49. The molecule has 2 fully saturated rings. The zero-order valence-corrected chi connectivity index (χ0v) is 10.3. The van der Waals surface area contributed by atoms with Crippen molar-refractivity contribution >= 4 is 12.0 Å². The number of hydrogen-bond acceptors (Lipinski definition) is 6. The highest BCUT2D eigenvalue weighted by molar-refractivity contribution is 5.82. The zero-order chi connectivity index (χ0) is 15.1. The molecular weight excluding hydrogens is 279 g/mol. The van der Waals surface area contributed by atoms with Gasteiger partial charge in [-0.15, -0.1) is 0 Å². The maximum atomic E-state index is 14.6. The number of rotatable bonds is 3. The first-order valence-electron chi connectivity index (χ1n) is 5.94. The highest BCUT2D eigenvalue weighted by Crippen LogP contribution is 2.37. The van der Waals surface area contributed by atoms with E-state index >= 15 is 0 Å². The average Bonchev–Trinajstić information content (AvgIpc) is 2.64. The van der Waals surface area contributed by atoms with Crippen LogP contribution in [0.1, 0.15) is 6.42 Å². The van der Waals surface area contributed by atoms with Crippen molar-refractivity contribution in [2.75, 3.05) is 13.2 Å². The van der Waals surface area contributed by atoms with Crippen molar-refractivity contribution in [3.05, 3.63) is 0 Å². The number of urea groups is 1. The van der Waals surface area contributed by atoms with Crippen LogP contribution in [-0.2, 0) is 9.53 Å². The third-order valence-electron chi connectivity index (χ3n) is 3.43. The molecular formula is C10H15FN2O7. The predicted octanol–water partition coefficient (Wildman–Crippen LogP) is -2.41. The lowest BCUT2D eigenvalue weighted by atomic mass is 9.95. The molecule has 114 valence electrons. The van der Waals surface area contributed by atoms with Crippen LogP contribution in [0.15, 0.2) is 0 Å². The quantitative estimate of drug-likeness (QED) is 0.390. The van der Waals surface area contributed by atoms with Crippen molar-refractivity contribution in [2.45, 2.75) is 36.8 Å². The number of carboxylic acids is 1. The number of aliphatic hydroxyl groups excluding tert-OH is 3. The Labute approximate surface area is 112 Å². The summed E-state index contributed by atoms with van der Waals surface area (Å²) in [5.41, 5.74) is -3.26. The van der Waals surface area contributed by atoms with E-state index in [1.807, 2.05) is 0 Å². The molecule has 5 atom stereocenters. The molecule has 10 heteroatoms. The summed E-state index contributed by atoms with van der Waals surface area (Å²) in [6, 6.07) is -0.914. The molecule has 9 nitrogen and oxygen atoms in total. The van der Waals surface area contributed by atoms with Gasteiger partial charge >= 0.3 is 12.0 Å². The molecule has 0 aromatic heterocycles. The molecule has 0 aromatic rings. The number of hydrogen-bond donors (Lipinski definition) is 5. The number of amides is 2. The Morgan fingerprint density at radius 2 is 2.20 bits per heavy atom. The summed E-state index contributed by atoms with van der Waals surface area (Å²) < 4.78 is 19.6. The number of nitrogens with zero attached hydrogens (tertiary/aromatic N) is 1. The van der Waals surface area contributed by atoms with E-state index in [0.717, 1.165) is 4.90 Å². The molecule has 0 bridgehead atoms. The molecule has 2 amide bonds. The first kappa shape index (κ1) is 14.9. The number of carbonyl (C=O) groups is 2. The second-order valence-corrected chi connectivity index (χ2v) is 4.67. The minimum Gasteiger partial charge on any atom is -0.479 e. The molecule has 2 rings (SSSR count). The second kappa shape index (κ2) is 5.13. The van der Waals surface area contributed by atoms with Crippen molar-refractivity contribution in [1.82, 2.24) is 10.2 Å². The number of alkyl halides is 1. The van der Waals surface area contributed by atoms with E-state index in [1.165, 1.54) is 0 Å². The van der Waals surface area contributed by atoms with E-state index < -0.39 is 48.9 Å². The van der Waals surface area contributed by atoms with Gasteiger partial charge in [-0.3, -0.25) is 4.90 Å². The minimum atomic E-state index is -3.26. The largest absolute Gasteiger partial charge is 0.479 e. The van der Waals surface area contributed by atoms with Crippen LogP contribution in [0.25, 0.3) is 0 Å². The van der Waals surface area contributed by atoms with E-state index in [2.05, 4.69) is 5.32 Å². The summed E-state index contributed by atoms with van der Waals surface area (Å²) >= 11 is 0. The summed E-state index contributed by atoms with van der Waals surface area (Å²) in [7, 11) is 0. The Morgan fingerprint density at radius 1 is 1.55 bits per heavy atom. The summed E-state index contributed by atoms with van der Waals surface area (Å²) in [6.07, 6.45) is -6.53. The summed E-state index contributed by atoms with van der Waals surface area (Å²) in [6.45, 7) is -0.948. The normalized spacial score (nSPS) is 41.6. The van der Waals surface area contributed by atoms with Gasteiger partial charge in [-0.05, 0) is 0 Å². The molecule has 0 radical (unpaired) electrons. The fraction of sp³-hybridized carbons (Fsp3) is 0.800. The van der Waals surface area contributed by atoms with Crippen LogP contribution in [0.3, 0.4) is 0 Å². The molecule has 2 aliphatic rings.